The lowest BCUT2D eigenvalue weighted by Crippen LogP contribution is -2.69. The summed E-state index contributed by atoms with van der Waals surface area (Å²) in [7, 11) is -2.13. The number of primary amides is 1. The van der Waals surface area contributed by atoms with E-state index in [1.54, 1.807) is 29.2 Å². The Morgan fingerprint density at radius 2 is 1.37 bits per heavy atom. The van der Waals surface area contributed by atoms with E-state index < -0.39 is 45.3 Å². The van der Waals surface area contributed by atoms with Gasteiger partial charge in [0.05, 0.1) is 18.1 Å². The Bertz CT molecular complexity index is 1860. The third kappa shape index (κ3) is 8.20. The minimum Gasteiger partial charge on any atom is -0.457 e. The molecule has 11 heteroatoms. The highest BCUT2D eigenvalue weighted by Crippen LogP contribution is 2.50. The van der Waals surface area contributed by atoms with Gasteiger partial charge in [-0.05, 0) is 48.0 Å². The van der Waals surface area contributed by atoms with Crippen LogP contribution in [0.5, 0.6) is 0 Å². The van der Waals surface area contributed by atoms with Crippen LogP contribution in [-0.4, -0.2) is 61.1 Å². The van der Waals surface area contributed by atoms with E-state index >= 15 is 0 Å². The van der Waals surface area contributed by atoms with Crippen LogP contribution < -0.4 is 27.0 Å². The van der Waals surface area contributed by atoms with Crippen molar-refractivity contribution in [3.63, 3.8) is 0 Å². The van der Waals surface area contributed by atoms with Crippen molar-refractivity contribution in [1.82, 2.24) is 10.2 Å². The molecule has 0 aliphatic carbocycles. The number of hydrogen-bond acceptors (Lipinski definition) is 6. The number of β-lactam (4-membered cyclic amide) rings is 1. The Balaban J connectivity index is 1.77. The van der Waals surface area contributed by atoms with Crippen LogP contribution in [0.25, 0.3) is 0 Å². The normalized spacial score (nSPS) is 16.3. The van der Waals surface area contributed by atoms with E-state index in [2.05, 4.69) is 31.5 Å². The van der Waals surface area contributed by atoms with Crippen LogP contribution >= 0.6 is 6.89 Å². The van der Waals surface area contributed by atoms with Crippen molar-refractivity contribution < 1.29 is 28.3 Å². The Kier molecular flexibility index (Phi) is 12.2. The fourth-order valence-electron chi connectivity index (χ4n) is 6.86. The number of urea groups is 1. The van der Waals surface area contributed by atoms with Gasteiger partial charge in [0.1, 0.15) is 12.0 Å². The number of nitrogens with one attached hydrogen (secondary N) is 1. The summed E-state index contributed by atoms with van der Waals surface area (Å²) in [5, 5.41) is 5.11. The van der Waals surface area contributed by atoms with E-state index in [-0.39, 0.29) is 36.7 Å². The van der Waals surface area contributed by atoms with E-state index in [4.69, 9.17) is 14.9 Å². The number of nitrogens with two attached hydrogens (primary N) is 1. The molecule has 52 heavy (non-hydrogen) atoms. The van der Waals surface area contributed by atoms with Gasteiger partial charge < -0.3 is 25.1 Å². The van der Waals surface area contributed by atoms with Gasteiger partial charge in [-0.1, -0.05) is 128 Å². The number of carbonyl (C=O) groups excluding carboxylic acids is 4. The number of rotatable bonds is 15. The molecule has 0 bridgehead atoms. The molecule has 1 fully saturated rings. The largest absolute Gasteiger partial charge is 0.457 e. The number of benzene rings is 4. The molecule has 4 aromatic carbocycles. The highest BCUT2D eigenvalue weighted by molar-refractivity contribution is 7.96. The molecule has 1 saturated heterocycles. The van der Waals surface area contributed by atoms with Crippen molar-refractivity contribution in [2.45, 2.75) is 51.7 Å². The van der Waals surface area contributed by atoms with E-state index in [0.717, 1.165) is 21.5 Å². The van der Waals surface area contributed by atoms with Crippen LogP contribution in [0, 0.1) is 5.92 Å². The van der Waals surface area contributed by atoms with Gasteiger partial charge in [-0.15, -0.1) is 0 Å². The SMILES string of the molecule is C=CCOC(=O)C(N1C(=O)[C@H]([C@@H](C)O[Si](C)(C)C)[C@H]1CC(=O)c1ccc(CNC(N)=O)cc1)=P(c1ccccc1)(c1ccccc1)c1ccccc1. The van der Waals surface area contributed by atoms with Crippen molar-refractivity contribution in [3.8, 4) is 0 Å². The number of Topliss-reactive ketones (excluding diaryl/α,β-unsaturated/α-hetero) is 1. The Hall–Kier alpha value is -5.02. The number of ketones is 1. The van der Waals surface area contributed by atoms with Crippen molar-refractivity contribution in [1.29, 1.82) is 0 Å². The van der Waals surface area contributed by atoms with Crippen LogP contribution in [0.3, 0.4) is 0 Å². The molecule has 0 aromatic heterocycles. The summed E-state index contributed by atoms with van der Waals surface area (Å²) in [4.78, 5) is 56.5. The first kappa shape index (κ1) is 38.2. The summed E-state index contributed by atoms with van der Waals surface area (Å²) in [6.07, 6.45) is 0.918. The number of hydrogen-bond donors (Lipinski definition) is 2. The Morgan fingerprint density at radius 3 is 1.81 bits per heavy atom. The highest BCUT2D eigenvalue weighted by Gasteiger charge is 2.56. The molecule has 0 saturated carbocycles. The lowest BCUT2D eigenvalue weighted by Gasteiger charge is -2.52. The number of ether oxygens (including phenoxy) is 1. The van der Waals surface area contributed by atoms with Gasteiger partial charge in [-0.25, -0.2) is 9.59 Å². The second-order valence-electron chi connectivity index (χ2n) is 13.7. The second-order valence-corrected chi connectivity index (χ2v) is 21.4. The second kappa shape index (κ2) is 16.5. The minimum absolute atomic E-state index is 0.0642. The zero-order valence-electron chi connectivity index (χ0n) is 30.0. The molecule has 270 valence electrons. The lowest BCUT2D eigenvalue weighted by molar-refractivity contribution is -0.156. The molecule has 3 N–H and O–H groups in total. The van der Waals surface area contributed by atoms with Gasteiger partial charge in [0.15, 0.2) is 14.1 Å². The van der Waals surface area contributed by atoms with E-state index in [1.807, 2.05) is 97.9 Å². The maximum atomic E-state index is 14.8. The predicted molar refractivity (Wildman–Crippen MR) is 211 cm³/mol. The molecule has 9 nitrogen and oxygen atoms in total. The van der Waals surface area contributed by atoms with Crippen LogP contribution in [0.2, 0.25) is 19.6 Å². The average Bonchev–Trinajstić information content (AvgIpc) is 3.13. The fraction of sp³-hybridized carbons (Fsp3) is 0.244. The number of carbonyl (C=O) groups is 4. The Labute approximate surface area is 306 Å². The van der Waals surface area contributed by atoms with Crippen molar-refractivity contribution in [3.05, 3.63) is 139 Å². The standard InChI is InChI=1S/C41H46N3O6PSi/c1-6-26-49-40(47)39(51(32-16-10-7-11-17-32,33-18-12-8-13-19-33)34-20-14-9-15-21-34)44-35(37(38(44)46)29(2)50-52(3,4)5)27-36(45)31-24-22-30(23-25-31)28-43-41(42)48/h6-25,29,35,37H,1,26-28H2,2-5H3,(H3,42,43,48)/t29-,35-,37-/m1/s1. The fourth-order valence-corrected chi connectivity index (χ4v) is 12.5. The number of amides is 3. The number of esters is 1. The first-order valence-corrected chi connectivity index (χ1v) is 22.5. The molecular weight excluding hydrogens is 690 g/mol. The van der Waals surface area contributed by atoms with Gasteiger partial charge >= 0.3 is 12.0 Å². The third-order valence-electron chi connectivity index (χ3n) is 8.94. The number of nitrogens with zero attached hydrogens (tertiary/aromatic N) is 1. The van der Waals surface area contributed by atoms with Gasteiger partial charge in [-0.2, -0.15) is 0 Å². The summed E-state index contributed by atoms with van der Waals surface area (Å²) in [6.45, 7) is 8.79. The molecule has 3 atom stereocenters. The summed E-state index contributed by atoms with van der Waals surface area (Å²) in [6, 6.07) is 34.8. The molecule has 0 unspecified atom stereocenters. The topological polar surface area (TPSA) is 128 Å². The van der Waals surface area contributed by atoms with Crippen LogP contribution in [0.1, 0.15) is 29.3 Å². The van der Waals surface area contributed by atoms with Crippen molar-refractivity contribution in [2.24, 2.45) is 11.7 Å². The summed E-state index contributed by atoms with van der Waals surface area (Å²) in [5.41, 5.74) is 6.64. The highest BCUT2D eigenvalue weighted by atomic mass is 31.2. The maximum absolute atomic E-state index is 14.8. The van der Waals surface area contributed by atoms with Gasteiger partial charge in [-0.3, -0.25) is 9.59 Å². The molecule has 1 aliphatic heterocycles. The first-order chi connectivity index (χ1) is 24.9. The van der Waals surface area contributed by atoms with Crippen LogP contribution in [-0.2, 0) is 25.3 Å². The molecule has 1 heterocycles. The quantitative estimate of drug-likeness (QED) is 0.0424. The molecule has 3 amide bonds. The summed E-state index contributed by atoms with van der Waals surface area (Å²) >= 11 is 0. The minimum atomic E-state index is -3.17. The van der Waals surface area contributed by atoms with Crippen molar-refractivity contribution >= 4 is 60.2 Å². The molecule has 4 aromatic rings. The van der Waals surface area contributed by atoms with Gasteiger partial charge in [0.2, 0.25) is 5.91 Å². The maximum Gasteiger partial charge on any atom is 0.356 e. The van der Waals surface area contributed by atoms with E-state index in [9.17, 15) is 19.2 Å². The summed E-state index contributed by atoms with van der Waals surface area (Å²) in [5.74, 6) is -1.85. The molecule has 5 rings (SSSR count). The predicted octanol–water partition coefficient (Wildman–Crippen LogP) is 5.35. The van der Waals surface area contributed by atoms with E-state index in [1.165, 1.54) is 6.08 Å². The van der Waals surface area contributed by atoms with Gasteiger partial charge in [0.25, 0.3) is 0 Å². The van der Waals surface area contributed by atoms with Crippen LogP contribution in [0.15, 0.2) is 128 Å². The molecule has 1 aliphatic rings. The molecular formula is C41H46N3O6PSi. The zero-order chi connectivity index (χ0) is 37.5. The Morgan fingerprint density at radius 1 is 0.865 bits per heavy atom. The molecule has 0 spiro atoms. The third-order valence-corrected chi connectivity index (χ3v) is 14.3. The lowest BCUT2D eigenvalue weighted by atomic mass is 9.79. The summed E-state index contributed by atoms with van der Waals surface area (Å²) < 4.78 is 12.4. The van der Waals surface area contributed by atoms with E-state index in [0.29, 0.717) is 5.56 Å². The monoisotopic (exact) mass is 735 g/mol. The zero-order valence-corrected chi connectivity index (χ0v) is 31.9. The van der Waals surface area contributed by atoms with Gasteiger partial charge in [0, 0.05) is 25.4 Å². The van der Waals surface area contributed by atoms with Crippen molar-refractivity contribution in [2.75, 3.05) is 6.61 Å². The number of likely N-dealkylation sites (tertiary alicyclic amines) is 1. The smallest absolute Gasteiger partial charge is 0.356 e. The molecule has 0 radical (unpaired) electrons. The first-order valence-electron chi connectivity index (χ1n) is 17.3. The van der Waals surface area contributed by atoms with Crippen LogP contribution in [0.4, 0.5) is 4.79 Å². The average molecular weight is 736 g/mol.